The van der Waals surface area contributed by atoms with Crippen molar-refractivity contribution in [2.24, 2.45) is 15.2 Å². The predicted octanol–water partition coefficient (Wildman–Crippen LogP) is 1.14. The Bertz CT molecular complexity index is 2650. The van der Waals surface area contributed by atoms with E-state index in [0.717, 1.165) is 34.3 Å². The number of nitrogens with one attached hydrogen (secondary N) is 1. The normalized spacial score (nSPS) is 14.4. The Balaban J connectivity index is 0.000000446. The number of allylic oxidation sites excluding steroid dienone is 5. The zero-order chi connectivity index (χ0) is 42.3. The van der Waals surface area contributed by atoms with Crippen molar-refractivity contribution >= 4 is 64.4 Å². The third-order valence-corrected chi connectivity index (χ3v) is 11.0. The van der Waals surface area contributed by atoms with Crippen LogP contribution in [0.2, 0.25) is 0 Å². The van der Waals surface area contributed by atoms with Crippen LogP contribution >= 0.6 is 0 Å². The number of hydrogen-bond donors (Lipinski definition) is 3. The fraction of sp³-hybridized carbons (Fsp3) is 0.205. The molecule has 0 atom stereocenters. The molecule has 4 aromatic rings. The average Bonchev–Trinajstić information content (AvgIpc) is 3.12. The first-order valence-electron chi connectivity index (χ1n) is 17.2. The van der Waals surface area contributed by atoms with Crippen molar-refractivity contribution in [3.63, 3.8) is 0 Å². The van der Waals surface area contributed by atoms with E-state index in [9.17, 15) is 44.0 Å². The molecule has 15 nitrogen and oxygen atoms in total. The van der Waals surface area contributed by atoms with E-state index in [1.165, 1.54) is 24.3 Å². The van der Waals surface area contributed by atoms with E-state index in [4.69, 9.17) is 0 Å². The number of nitrogens with zero attached hydrogens (tertiary/aromatic N) is 4. The van der Waals surface area contributed by atoms with Crippen molar-refractivity contribution in [3.05, 3.63) is 125 Å². The van der Waals surface area contributed by atoms with Gasteiger partial charge >= 0.3 is 59.1 Å². The van der Waals surface area contributed by atoms with Crippen LogP contribution in [0.1, 0.15) is 37.5 Å². The second kappa shape index (κ2) is 21.8. The molecule has 0 unspecified atom stereocenters. The molecule has 0 spiro atoms. The maximum absolute atomic E-state index is 12.4. The molecular weight excluding hydrogens is 841 g/mol. The molecule has 0 aromatic heterocycles. The van der Waals surface area contributed by atoms with Crippen LogP contribution < -0.4 is 69.3 Å². The molecule has 4 aromatic carbocycles. The molecule has 0 aliphatic heterocycles. The minimum Gasteiger partial charge on any atom is -0.744 e. The van der Waals surface area contributed by atoms with Gasteiger partial charge in [0.1, 0.15) is 30.9 Å². The van der Waals surface area contributed by atoms with Crippen molar-refractivity contribution in [3.8, 4) is 5.75 Å². The molecule has 5 rings (SSSR count). The molecule has 1 aliphatic rings. The Hall–Kier alpha value is -3.50. The van der Waals surface area contributed by atoms with Gasteiger partial charge in [-0.3, -0.25) is 9.55 Å². The van der Waals surface area contributed by atoms with Crippen LogP contribution in [0.3, 0.4) is 0 Å². The SMILES string of the molecule is CCN=C1C=CC(=C(c2ccc(NCC)c(C)c2)c2cc(O)c(S(=O)(=O)[O-])cc2S(=O)(=O)O)C=C1C.CN(C)c1ccc(N=Nc2ccc(S(=O)(=O)[O-])cc2)cc1.[Na+].[Na+]. The van der Waals surface area contributed by atoms with Crippen LogP contribution in [0.5, 0.6) is 5.75 Å². The molecule has 0 saturated heterocycles. The van der Waals surface area contributed by atoms with Gasteiger partial charge in [-0.25, -0.2) is 16.8 Å². The zero-order valence-electron chi connectivity index (χ0n) is 33.8. The van der Waals surface area contributed by atoms with Crippen LogP contribution in [0, 0.1) is 6.92 Å². The number of phenols is 1. The number of phenolic OH excluding ortho intramolecular Hbond substituents is 1. The summed E-state index contributed by atoms with van der Waals surface area (Å²) >= 11 is 0. The molecule has 59 heavy (non-hydrogen) atoms. The number of aromatic hydroxyl groups is 1. The van der Waals surface area contributed by atoms with Gasteiger partial charge in [0, 0.05) is 44.1 Å². The molecule has 20 heteroatoms. The van der Waals surface area contributed by atoms with E-state index >= 15 is 0 Å². The van der Waals surface area contributed by atoms with Gasteiger partial charge in [0.05, 0.1) is 26.9 Å². The second-order valence-electron chi connectivity index (χ2n) is 12.7. The van der Waals surface area contributed by atoms with Crippen LogP contribution in [-0.2, 0) is 30.4 Å². The molecule has 0 radical (unpaired) electrons. The van der Waals surface area contributed by atoms with E-state index in [2.05, 4.69) is 20.5 Å². The van der Waals surface area contributed by atoms with Crippen LogP contribution in [-0.4, -0.2) is 76.9 Å². The van der Waals surface area contributed by atoms with E-state index in [1.54, 1.807) is 30.4 Å². The van der Waals surface area contributed by atoms with E-state index in [0.29, 0.717) is 47.2 Å². The van der Waals surface area contributed by atoms with Gasteiger partial charge in [-0.1, -0.05) is 12.1 Å². The first-order chi connectivity index (χ1) is 26.6. The molecule has 0 saturated carbocycles. The van der Waals surface area contributed by atoms with Gasteiger partial charge in [-0.05, 0) is 140 Å². The Morgan fingerprint density at radius 2 is 1.34 bits per heavy atom. The van der Waals surface area contributed by atoms with Crippen molar-refractivity contribution < 1.29 is 103 Å². The molecule has 0 heterocycles. The van der Waals surface area contributed by atoms with Gasteiger partial charge in [0.25, 0.3) is 10.1 Å². The second-order valence-corrected chi connectivity index (χ2v) is 16.8. The predicted molar refractivity (Wildman–Crippen MR) is 217 cm³/mol. The third kappa shape index (κ3) is 14.0. The standard InChI is InChI=1S/C25H28N2O7S2.C14H15N3O3S.2Na/c1-5-26-20-9-7-17(11-15(20)3)25(18-8-10-21(27-6-2)16(4)12-18)19-13-22(28)24(36(32,33)34)14-23(19)35(29,30)31;1-17(2)13-7-3-11(4-8-13)15-16-12-5-9-14(10-6-12)21(18,19)20;;/h7-14,26,28H,5-6H2,1-4H3,(H,29,30,31)(H,32,33,34);3-10H,1-2H3,(H,18,19,20);;/q;;2*+1/p-2. The quantitative estimate of drug-likeness (QED) is 0.109. The molecule has 0 bridgehead atoms. The monoisotopic (exact) mass is 881 g/mol. The summed E-state index contributed by atoms with van der Waals surface area (Å²) in [5.74, 6) is -0.930. The minimum atomic E-state index is -5.23. The zero-order valence-corrected chi connectivity index (χ0v) is 40.3. The van der Waals surface area contributed by atoms with Crippen molar-refractivity contribution in [1.29, 1.82) is 0 Å². The number of azo groups is 1. The minimum absolute atomic E-state index is 0. The average molecular weight is 882 g/mol. The maximum Gasteiger partial charge on any atom is 1.00 e. The summed E-state index contributed by atoms with van der Waals surface area (Å²) in [7, 11) is -10.8. The third-order valence-electron chi connectivity index (χ3n) is 8.35. The summed E-state index contributed by atoms with van der Waals surface area (Å²) in [6, 6.07) is 19.5. The van der Waals surface area contributed by atoms with Gasteiger partial charge in [0.15, 0.2) is 0 Å². The van der Waals surface area contributed by atoms with Crippen LogP contribution in [0.15, 0.2) is 138 Å². The summed E-state index contributed by atoms with van der Waals surface area (Å²) in [6.07, 6.45) is 5.26. The first kappa shape index (κ1) is 51.6. The summed E-state index contributed by atoms with van der Waals surface area (Å²) in [5.41, 5.74) is 6.64. The Kier molecular flexibility index (Phi) is 19.1. The first-order valence-corrected chi connectivity index (χ1v) is 21.5. The van der Waals surface area contributed by atoms with Crippen molar-refractivity contribution in [1.82, 2.24) is 0 Å². The maximum atomic E-state index is 12.4. The smallest absolute Gasteiger partial charge is 0.744 e. The molecule has 1 aliphatic carbocycles. The van der Waals surface area contributed by atoms with E-state index in [-0.39, 0.29) is 69.6 Å². The Labute approximate surface area is 389 Å². The largest absolute Gasteiger partial charge is 1.00 e. The topological polar surface area (TPSA) is 241 Å². The molecule has 3 N–H and O–H groups in total. The molecule has 0 fully saturated rings. The van der Waals surface area contributed by atoms with E-state index in [1.807, 2.05) is 77.0 Å². The van der Waals surface area contributed by atoms with E-state index < -0.39 is 45.9 Å². The summed E-state index contributed by atoms with van der Waals surface area (Å²) in [5, 5.41) is 21.7. The van der Waals surface area contributed by atoms with Crippen LogP contribution in [0.25, 0.3) is 5.57 Å². The van der Waals surface area contributed by atoms with Crippen molar-refractivity contribution in [2.45, 2.75) is 42.4 Å². The van der Waals surface area contributed by atoms with Crippen LogP contribution in [0.4, 0.5) is 22.7 Å². The Morgan fingerprint density at radius 1 is 0.763 bits per heavy atom. The van der Waals surface area contributed by atoms with Gasteiger partial charge < -0.3 is 24.4 Å². The number of benzene rings is 4. The number of rotatable bonds is 11. The van der Waals surface area contributed by atoms with Gasteiger partial charge in [-0.15, -0.1) is 0 Å². The van der Waals surface area contributed by atoms with Gasteiger partial charge in [-0.2, -0.15) is 18.6 Å². The summed E-state index contributed by atoms with van der Waals surface area (Å²) < 4.78 is 102. The fourth-order valence-electron chi connectivity index (χ4n) is 5.62. The van der Waals surface area contributed by atoms with Crippen molar-refractivity contribution in [2.75, 3.05) is 37.4 Å². The summed E-state index contributed by atoms with van der Waals surface area (Å²) in [4.78, 5) is 4.14. The number of hydrogen-bond acceptors (Lipinski definition) is 14. The number of aryl methyl sites for hydroxylation is 1. The summed E-state index contributed by atoms with van der Waals surface area (Å²) in [6.45, 7) is 8.79. The number of aliphatic imine (C=N–C) groups is 1. The Morgan fingerprint density at radius 3 is 1.80 bits per heavy atom. The fourth-order valence-corrected chi connectivity index (χ4v) is 7.44. The molecule has 302 valence electrons. The number of anilines is 2. The van der Waals surface area contributed by atoms with Gasteiger partial charge in [0.2, 0.25) is 0 Å². The molecule has 0 amide bonds. The molecular formula is C39H41N5Na2O10S3.